The first-order valence-electron chi connectivity index (χ1n) is 10.1. The molecule has 2 aromatic heterocycles. The molecule has 0 unspecified atom stereocenters. The van der Waals surface area contributed by atoms with Crippen molar-refractivity contribution in [2.45, 2.75) is 24.8 Å². The lowest BCUT2D eigenvalue weighted by Gasteiger charge is -2.49. The van der Waals surface area contributed by atoms with Crippen LogP contribution in [0.1, 0.15) is 24.2 Å². The van der Waals surface area contributed by atoms with Crippen LogP contribution in [0, 0.1) is 0 Å². The van der Waals surface area contributed by atoms with Gasteiger partial charge in [-0.05, 0) is 19.9 Å². The zero-order chi connectivity index (χ0) is 19.1. The second kappa shape index (κ2) is 6.89. The monoisotopic (exact) mass is 384 g/mol. The fourth-order valence-corrected chi connectivity index (χ4v) is 4.87. The number of likely N-dealkylation sites (N-methyl/N-ethyl adjacent to an activating group) is 1. The second-order valence-electron chi connectivity index (χ2n) is 7.96. The number of aromatic amines is 1. The number of fused-ring (bicyclic) bond motifs is 2. The Balaban J connectivity index is 1.37. The van der Waals surface area contributed by atoms with Crippen molar-refractivity contribution in [3.8, 4) is 0 Å². The summed E-state index contributed by atoms with van der Waals surface area (Å²) in [6.07, 6.45) is 4.94. The Bertz CT molecular complexity index is 838. The predicted molar refractivity (Wildman–Crippen MR) is 108 cm³/mol. The van der Waals surface area contributed by atoms with E-state index in [2.05, 4.69) is 42.8 Å². The maximum absolute atomic E-state index is 6.05. The molecule has 1 spiro atoms. The van der Waals surface area contributed by atoms with Gasteiger partial charge in [0.25, 0.3) is 0 Å². The molecule has 0 aliphatic carbocycles. The largest absolute Gasteiger partial charge is 0.378 e. The van der Waals surface area contributed by atoms with Crippen LogP contribution in [-0.4, -0.2) is 77.8 Å². The zero-order valence-corrected chi connectivity index (χ0v) is 16.4. The Morgan fingerprint density at radius 3 is 2.43 bits per heavy atom. The van der Waals surface area contributed by atoms with Crippen molar-refractivity contribution in [3.63, 3.8) is 0 Å². The number of imidazole rings is 1. The highest BCUT2D eigenvalue weighted by atomic mass is 16.5. The van der Waals surface area contributed by atoms with Gasteiger partial charge in [0.2, 0.25) is 5.95 Å². The van der Waals surface area contributed by atoms with Gasteiger partial charge < -0.3 is 25.3 Å². The van der Waals surface area contributed by atoms with Gasteiger partial charge in [-0.25, -0.2) is 4.98 Å². The molecular weight excluding hydrogens is 356 g/mol. The van der Waals surface area contributed by atoms with Gasteiger partial charge >= 0.3 is 0 Å². The number of aromatic nitrogens is 4. The topological polar surface area (TPSA) is 99.4 Å². The predicted octanol–water partition coefficient (Wildman–Crippen LogP) is 0.602. The van der Waals surface area contributed by atoms with Crippen molar-refractivity contribution < 1.29 is 4.74 Å². The molecule has 5 heterocycles. The maximum atomic E-state index is 6.05. The summed E-state index contributed by atoms with van der Waals surface area (Å²) in [4.78, 5) is 24.1. The number of nitrogen functional groups attached to an aromatic ring is 1. The summed E-state index contributed by atoms with van der Waals surface area (Å²) >= 11 is 0. The van der Waals surface area contributed by atoms with Crippen molar-refractivity contribution in [1.29, 1.82) is 0 Å². The van der Waals surface area contributed by atoms with Crippen LogP contribution in [0.15, 0.2) is 12.4 Å². The van der Waals surface area contributed by atoms with Gasteiger partial charge in [0, 0.05) is 50.9 Å². The molecule has 3 N–H and O–H groups in total. The van der Waals surface area contributed by atoms with E-state index < -0.39 is 0 Å². The first-order valence-corrected chi connectivity index (χ1v) is 10.1. The number of piperidine rings is 1. The van der Waals surface area contributed by atoms with Gasteiger partial charge in [0.15, 0.2) is 0 Å². The van der Waals surface area contributed by atoms with Gasteiger partial charge in [-0.1, -0.05) is 0 Å². The summed E-state index contributed by atoms with van der Waals surface area (Å²) < 4.78 is 5.45. The van der Waals surface area contributed by atoms with E-state index in [1.165, 1.54) is 11.4 Å². The van der Waals surface area contributed by atoms with Crippen molar-refractivity contribution in [2.75, 3.05) is 68.5 Å². The quantitative estimate of drug-likeness (QED) is 0.777. The summed E-state index contributed by atoms with van der Waals surface area (Å²) in [5.74, 6) is 2.16. The number of nitrogens with two attached hydrogens (primary N) is 1. The highest BCUT2D eigenvalue weighted by molar-refractivity contribution is 5.54. The van der Waals surface area contributed by atoms with E-state index in [4.69, 9.17) is 15.5 Å². The van der Waals surface area contributed by atoms with Crippen molar-refractivity contribution >= 4 is 17.6 Å². The maximum Gasteiger partial charge on any atom is 0.223 e. The van der Waals surface area contributed by atoms with E-state index in [1.807, 2.05) is 6.33 Å². The summed E-state index contributed by atoms with van der Waals surface area (Å²) in [5, 5.41) is 0. The standard InChI is InChI=1S/C19H28N8O/c1-25-5-2-14-17(22-13-21-14)19(25)3-6-26(7-4-19)15-12-16(24-18(20)23-15)27-8-10-28-11-9-27/h12-13H,2-11H2,1H3,(H,21,22)(H2,20,23,24). The Hall–Kier alpha value is -2.39. The van der Waals surface area contributed by atoms with E-state index in [9.17, 15) is 0 Å². The van der Waals surface area contributed by atoms with Crippen LogP contribution < -0.4 is 15.5 Å². The lowest BCUT2D eigenvalue weighted by molar-refractivity contribution is 0.0712. The molecule has 0 atom stereocenters. The summed E-state index contributed by atoms with van der Waals surface area (Å²) in [5.41, 5.74) is 8.61. The molecule has 0 bridgehead atoms. The molecule has 2 fully saturated rings. The summed E-state index contributed by atoms with van der Waals surface area (Å²) in [6, 6.07) is 2.07. The van der Waals surface area contributed by atoms with E-state index >= 15 is 0 Å². The molecule has 5 rings (SSSR count). The molecule has 0 saturated carbocycles. The average molecular weight is 384 g/mol. The number of nitrogens with one attached hydrogen (secondary N) is 1. The van der Waals surface area contributed by atoms with Gasteiger partial charge in [-0.15, -0.1) is 0 Å². The molecule has 3 aliphatic rings. The van der Waals surface area contributed by atoms with Crippen molar-refractivity contribution in [2.24, 2.45) is 0 Å². The molecule has 150 valence electrons. The lowest BCUT2D eigenvalue weighted by Crippen LogP contribution is -2.55. The Labute approximate surface area is 164 Å². The van der Waals surface area contributed by atoms with Crippen molar-refractivity contribution in [3.05, 3.63) is 23.8 Å². The van der Waals surface area contributed by atoms with Crippen LogP contribution in [0.3, 0.4) is 0 Å². The molecule has 2 saturated heterocycles. The number of anilines is 3. The summed E-state index contributed by atoms with van der Waals surface area (Å²) in [6.45, 7) is 6.05. The Kier molecular flexibility index (Phi) is 4.36. The Morgan fingerprint density at radius 1 is 1.04 bits per heavy atom. The van der Waals surface area contributed by atoms with Gasteiger partial charge in [-0.2, -0.15) is 9.97 Å². The van der Waals surface area contributed by atoms with E-state index in [-0.39, 0.29) is 5.54 Å². The first kappa shape index (κ1) is 17.7. The number of H-pyrrole nitrogens is 1. The highest BCUT2D eigenvalue weighted by Gasteiger charge is 2.45. The number of rotatable bonds is 2. The van der Waals surface area contributed by atoms with Gasteiger partial charge in [0.1, 0.15) is 11.6 Å². The van der Waals surface area contributed by atoms with Crippen LogP contribution in [0.2, 0.25) is 0 Å². The minimum absolute atomic E-state index is 0.0235. The number of hydrogen-bond acceptors (Lipinski definition) is 8. The Morgan fingerprint density at radius 2 is 1.71 bits per heavy atom. The average Bonchev–Trinajstić information content (AvgIpc) is 3.22. The van der Waals surface area contributed by atoms with Crippen LogP contribution in [0.25, 0.3) is 0 Å². The van der Waals surface area contributed by atoms with Crippen LogP contribution in [-0.2, 0) is 16.7 Å². The first-order chi connectivity index (χ1) is 13.7. The molecule has 3 aliphatic heterocycles. The SMILES string of the molecule is CN1CCc2[nH]cnc2C12CCN(c1cc(N3CCOCC3)nc(N)n1)CC2. The molecule has 0 radical (unpaired) electrons. The minimum atomic E-state index is 0.0235. The number of morpholine rings is 1. The number of hydrogen-bond donors (Lipinski definition) is 2. The third kappa shape index (κ3) is 2.89. The molecule has 0 aromatic carbocycles. The van der Waals surface area contributed by atoms with E-state index in [0.717, 1.165) is 76.8 Å². The molecule has 9 heteroatoms. The third-order valence-corrected chi connectivity index (χ3v) is 6.55. The third-order valence-electron chi connectivity index (χ3n) is 6.55. The smallest absolute Gasteiger partial charge is 0.223 e. The lowest BCUT2D eigenvalue weighted by atomic mass is 9.79. The minimum Gasteiger partial charge on any atom is -0.378 e. The summed E-state index contributed by atoms with van der Waals surface area (Å²) in [7, 11) is 2.23. The normalized spacial score (nSPS) is 22.5. The number of ether oxygens (including phenoxy) is 1. The molecule has 9 nitrogen and oxygen atoms in total. The van der Waals surface area contributed by atoms with Crippen LogP contribution in [0.5, 0.6) is 0 Å². The van der Waals surface area contributed by atoms with E-state index in [0.29, 0.717) is 5.95 Å². The zero-order valence-electron chi connectivity index (χ0n) is 16.4. The molecular formula is C19H28N8O. The van der Waals surface area contributed by atoms with Gasteiger partial charge in [0.05, 0.1) is 30.8 Å². The fraction of sp³-hybridized carbons (Fsp3) is 0.632. The fourth-order valence-electron chi connectivity index (χ4n) is 4.87. The second-order valence-corrected chi connectivity index (χ2v) is 7.96. The number of nitrogens with zero attached hydrogens (tertiary/aromatic N) is 6. The molecule has 28 heavy (non-hydrogen) atoms. The van der Waals surface area contributed by atoms with Crippen LogP contribution >= 0.6 is 0 Å². The van der Waals surface area contributed by atoms with Crippen LogP contribution in [0.4, 0.5) is 17.6 Å². The van der Waals surface area contributed by atoms with Gasteiger partial charge in [-0.3, -0.25) is 4.90 Å². The molecule has 0 amide bonds. The van der Waals surface area contributed by atoms with E-state index in [1.54, 1.807) is 0 Å². The molecule has 2 aromatic rings. The highest BCUT2D eigenvalue weighted by Crippen LogP contribution is 2.42. The van der Waals surface area contributed by atoms with Crippen molar-refractivity contribution in [1.82, 2.24) is 24.8 Å².